The van der Waals surface area contributed by atoms with Crippen molar-refractivity contribution in [2.45, 2.75) is 19.5 Å². The molecule has 0 bridgehead atoms. The summed E-state index contributed by atoms with van der Waals surface area (Å²) in [4.78, 5) is 11.9. The molecular weight excluding hydrogens is 232 g/mol. The molecule has 5 heteroatoms. The van der Waals surface area contributed by atoms with E-state index in [1.54, 1.807) is 23.7 Å². The Morgan fingerprint density at radius 3 is 2.82 bits per heavy atom. The highest BCUT2D eigenvalue weighted by Gasteiger charge is 2.13. The zero-order chi connectivity index (χ0) is 12.3. The van der Waals surface area contributed by atoms with E-state index in [0.717, 1.165) is 12.2 Å². The van der Waals surface area contributed by atoms with E-state index in [0.29, 0.717) is 11.9 Å². The summed E-state index contributed by atoms with van der Waals surface area (Å²) in [6.07, 6.45) is 3.33. The van der Waals surface area contributed by atoms with Gasteiger partial charge in [0, 0.05) is 17.5 Å². The molecule has 0 spiro atoms. The molecule has 2 aromatic heterocycles. The molecule has 2 rings (SSSR count). The lowest BCUT2D eigenvalue weighted by Gasteiger charge is -2.23. The Hall–Kier alpha value is -1.46. The van der Waals surface area contributed by atoms with E-state index in [2.05, 4.69) is 46.4 Å². The second kappa shape index (κ2) is 5.25. The summed E-state index contributed by atoms with van der Waals surface area (Å²) in [6.45, 7) is 2.96. The van der Waals surface area contributed by atoms with Crippen molar-refractivity contribution >= 4 is 17.2 Å². The number of hydrogen-bond acceptors (Lipinski definition) is 5. The Kier molecular flexibility index (Phi) is 3.71. The van der Waals surface area contributed by atoms with Crippen molar-refractivity contribution in [3.8, 4) is 0 Å². The van der Waals surface area contributed by atoms with Crippen molar-refractivity contribution in [3.63, 3.8) is 0 Å². The summed E-state index contributed by atoms with van der Waals surface area (Å²) in [5, 5.41) is 2.10. The molecular formula is C12H16N4S. The van der Waals surface area contributed by atoms with Crippen molar-refractivity contribution in [1.29, 1.82) is 0 Å². The average molecular weight is 248 g/mol. The second-order valence-corrected chi connectivity index (χ2v) is 5.02. The first-order valence-electron chi connectivity index (χ1n) is 5.47. The molecule has 0 aromatic carbocycles. The van der Waals surface area contributed by atoms with Crippen molar-refractivity contribution in [1.82, 2.24) is 14.9 Å². The van der Waals surface area contributed by atoms with E-state index in [9.17, 15) is 0 Å². The van der Waals surface area contributed by atoms with Crippen LogP contribution in [0.5, 0.6) is 0 Å². The van der Waals surface area contributed by atoms with Gasteiger partial charge >= 0.3 is 0 Å². The van der Waals surface area contributed by atoms with Gasteiger partial charge in [0.05, 0.1) is 18.1 Å². The highest BCUT2D eigenvalue weighted by Crippen LogP contribution is 2.24. The molecule has 0 radical (unpaired) electrons. The molecule has 4 nitrogen and oxygen atoms in total. The van der Waals surface area contributed by atoms with Crippen LogP contribution < -0.4 is 5.73 Å². The van der Waals surface area contributed by atoms with E-state index >= 15 is 0 Å². The van der Waals surface area contributed by atoms with Crippen LogP contribution in [-0.2, 0) is 6.54 Å². The smallest absolute Gasteiger partial charge is 0.141 e. The number of thiophene rings is 1. The lowest BCUT2D eigenvalue weighted by atomic mass is 10.2. The fourth-order valence-corrected chi connectivity index (χ4v) is 2.43. The topological polar surface area (TPSA) is 55.0 Å². The van der Waals surface area contributed by atoms with E-state index in [-0.39, 0.29) is 0 Å². The largest absolute Gasteiger partial charge is 0.382 e. The number of rotatable bonds is 4. The molecule has 0 aliphatic rings. The van der Waals surface area contributed by atoms with Gasteiger partial charge in [0.2, 0.25) is 0 Å². The normalized spacial score (nSPS) is 12.9. The highest BCUT2D eigenvalue weighted by molar-refractivity contribution is 7.10. The number of aromatic nitrogens is 2. The van der Waals surface area contributed by atoms with E-state index in [1.165, 1.54) is 4.88 Å². The fourth-order valence-electron chi connectivity index (χ4n) is 1.59. The summed E-state index contributed by atoms with van der Waals surface area (Å²) in [7, 11) is 2.09. The molecule has 0 amide bonds. The zero-order valence-electron chi connectivity index (χ0n) is 10.00. The number of nitrogens with zero attached hydrogens (tertiary/aromatic N) is 3. The molecule has 2 N–H and O–H groups in total. The van der Waals surface area contributed by atoms with E-state index < -0.39 is 0 Å². The minimum atomic E-state index is 0.384. The monoisotopic (exact) mass is 248 g/mol. The van der Waals surface area contributed by atoms with Crippen LogP contribution in [0.2, 0.25) is 0 Å². The Balaban J connectivity index is 2.01. The SMILES string of the molecule is CC(c1cccs1)N(C)Cc1cnc(N)cn1. The summed E-state index contributed by atoms with van der Waals surface area (Å²) in [5.41, 5.74) is 6.44. The van der Waals surface area contributed by atoms with Crippen molar-refractivity contribution < 1.29 is 0 Å². The summed E-state index contributed by atoms with van der Waals surface area (Å²) < 4.78 is 0. The third-order valence-corrected chi connectivity index (χ3v) is 3.80. The summed E-state index contributed by atoms with van der Waals surface area (Å²) >= 11 is 1.77. The van der Waals surface area contributed by atoms with Gasteiger partial charge in [-0.15, -0.1) is 11.3 Å². The van der Waals surface area contributed by atoms with Gasteiger partial charge < -0.3 is 5.73 Å². The number of hydrogen-bond donors (Lipinski definition) is 1. The quantitative estimate of drug-likeness (QED) is 0.902. The van der Waals surface area contributed by atoms with Crippen molar-refractivity contribution in [3.05, 3.63) is 40.5 Å². The van der Waals surface area contributed by atoms with Gasteiger partial charge in [0.15, 0.2) is 0 Å². The lowest BCUT2D eigenvalue weighted by molar-refractivity contribution is 0.253. The molecule has 17 heavy (non-hydrogen) atoms. The molecule has 90 valence electrons. The van der Waals surface area contributed by atoms with Crippen LogP contribution in [0.1, 0.15) is 23.5 Å². The molecule has 0 saturated carbocycles. The minimum Gasteiger partial charge on any atom is -0.382 e. The Labute approximate surface area is 105 Å². The number of anilines is 1. The first kappa shape index (κ1) is 12.0. The molecule has 0 saturated heterocycles. The van der Waals surface area contributed by atoms with Crippen LogP contribution in [0.4, 0.5) is 5.82 Å². The van der Waals surface area contributed by atoms with Crippen LogP contribution in [0.25, 0.3) is 0 Å². The third kappa shape index (κ3) is 3.01. The van der Waals surface area contributed by atoms with Gasteiger partial charge in [0.25, 0.3) is 0 Å². The number of nitrogen functional groups attached to an aromatic ring is 1. The van der Waals surface area contributed by atoms with E-state index in [4.69, 9.17) is 5.73 Å². The molecule has 0 aliphatic heterocycles. The highest BCUT2D eigenvalue weighted by atomic mass is 32.1. The maximum absolute atomic E-state index is 5.51. The van der Waals surface area contributed by atoms with Crippen molar-refractivity contribution in [2.75, 3.05) is 12.8 Å². The molecule has 0 aliphatic carbocycles. The van der Waals surface area contributed by atoms with Crippen molar-refractivity contribution in [2.24, 2.45) is 0 Å². The van der Waals surface area contributed by atoms with Gasteiger partial charge in [-0.3, -0.25) is 9.88 Å². The fraction of sp³-hybridized carbons (Fsp3) is 0.333. The van der Waals surface area contributed by atoms with Gasteiger partial charge in [-0.1, -0.05) is 6.07 Å². The molecule has 2 aromatic rings. The van der Waals surface area contributed by atoms with Gasteiger partial charge in [-0.2, -0.15) is 0 Å². The summed E-state index contributed by atoms with van der Waals surface area (Å²) in [5.74, 6) is 0.461. The molecule has 0 fully saturated rings. The Morgan fingerprint density at radius 1 is 1.41 bits per heavy atom. The third-order valence-electron chi connectivity index (χ3n) is 2.75. The first-order valence-corrected chi connectivity index (χ1v) is 6.35. The van der Waals surface area contributed by atoms with Crippen LogP contribution in [0.3, 0.4) is 0 Å². The first-order chi connectivity index (χ1) is 8.16. The molecule has 2 heterocycles. The Bertz CT molecular complexity index is 452. The zero-order valence-corrected chi connectivity index (χ0v) is 10.8. The summed E-state index contributed by atoms with van der Waals surface area (Å²) in [6, 6.07) is 4.61. The van der Waals surface area contributed by atoms with E-state index in [1.807, 2.05) is 0 Å². The van der Waals surface area contributed by atoms with Crippen LogP contribution in [0, 0.1) is 0 Å². The average Bonchev–Trinajstić information content (AvgIpc) is 2.84. The Morgan fingerprint density at radius 2 is 2.24 bits per heavy atom. The van der Waals surface area contributed by atoms with Crippen LogP contribution in [-0.4, -0.2) is 21.9 Å². The lowest BCUT2D eigenvalue weighted by Crippen LogP contribution is -2.21. The van der Waals surface area contributed by atoms with Crippen LogP contribution >= 0.6 is 11.3 Å². The van der Waals surface area contributed by atoms with Gasteiger partial charge in [-0.05, 0) is 25.4 Å². The minimum absolute atomic E-state index is 0.384. The molecule has 1 unspecified atom stereocenters. The number of nitrogens with two attached hydrogens (primary N) is 1. The predicted octanol–water partition coefficient (Wildman–Crippen LogP) is 2.31. The predicted molar refractivity (Wildman–Crippen MR) is 70.6 cm³/mol. The standard InChI is InChI=1S/C12H16N4S/c1-9(11-4-3-5-17-11)16(2)8-10-6-15-12(13)7-14-10/h3-7,9H,8H2,1-2H3,(H2,13,15). The van der Waals surface area contributed by atoms with Crippen LogP contribution in [0.15, 0.2) is 29.9 Å². The van der Waals surface area contributed by atoms with Gasteiger partial charge in [0.1, 0.15) is 5.82 Å². The second-order valence-electron chi connectivity index (χ2n) is 4.04. The molecule has 1 atom stereocenters. The maximum Gasteiger partial charge on any atom is 0.141 e. The maximum atomic E-state index is 5.51. The van der Waals surface area contributed by atoms with Gasteiger partial charge in [-0.25, -0.2) is 4.98 Å².